The number of pyridine rings is 1. The molecule has 1 aliphatic heterocycles. The molecule has 3 aromatic heterocycles. The Balaban J connectivity index is 1.43. The second-order valence-electron chi connectivity index (χ2n) is 8.96. The summed E-state index contributed by atoms with van der Waals surface area (Å²) in [7, 11) is -6.94. The van der Waals surface area contributed by atoms with Gasteiger partial charge in [0.1, 0.15) is 18.3 Å². The minimum Gasteiger partial charge on any atom is -0.380 e. The van der Waals surface area contributed by atoms with Crippen molar-refractivity contribution in [2.45, 2.75) is 38.3 Å². The number of halogens is 2. The second-order valence-corrected chi connectivity index (χ2v) is 12.9. The van der Waals surface area contributed by atoms with Crippen LogP contribution in [0, 0.1) is 0 Å². The predicted octanol–water partition coefficient (Wildman–Crippen LogP) is 0.441. The first-order valence-electron chi connectivity index (χ1n) is 12.0. The molecule has 0 atom stereocenters. The number of nitrogens with zero attached hydrogens (tertiary/aromatic N) is 7. The highest BCUT2D eigenvalue weighted by Gasteiger charge is 2.25. The van der Waals surface area contributed by atoms with Gasteiger partial charge in [-0.25, -0.2) is 39.9 Å². The first-order valence-corrected chi connectivity index (χ1v) is 15.5. The van der Waals surface area contributed by atoms with Gasteiger partial charge in [0.15, 0.2) is 0 Å². The number of fused-ring (bicyclic) bond motifs is 1. The van der Waals surface area contributed by atoms with E-state index in [9.17, 15) is 30.4 Å². The lowest BCUT2D eigenvalue weighted by atomic mass is 10.1. The number of hydrogen-bond donors (Lipinski definition) is 1. The lowest BCUT2D eigenvalue weighted by Crippen LogP contribution is -2.42. The number of ether oxygens (including phenoxy) is 1. The zero-order valence-electron chi connectivity index (χ0n) is 21.0. The van der Waals surface area contributed by atoms with E-state index in [1.807, 2.05) is 0 Å². The highest BCUT2D eigenvalue weighted by atomic mass is 32.2. The molecule has 4 heterocycles. The highest BCUT2D eigenvalue weighted by Crippen LogP contribution is 2.21. The smallest absolute Gasteiger partial charge is 0.269 e. The average molecular weight is 591 g/mol. The van der Waals surface area contributed by atoms with Gasteiger partial charge in [-0.1, -0.05) is 0 Å². The average Bonchev–Trinajstić information content (AvgIpc) is 3.43. The monoisotopic (exact) mass is 590 g/mol. The number of piperidine rings is 1. The zero-order chi connectivity index (χ0) is 28.2. The van der Waals surface area contributed by atoms with Gasteiger partial charge < -0.3 is 10.1 Å². The normalized spacial score (nSPS) is 15.8. The Bertz CT molecular complexity index is 1560. The Kier molecular flexibility index (Phi) is 8.87. The number of sulfonamides is 1. The van der Waals surface area contributed by atoms with Crippen molar-refractivity contribution in [1.82, 2.24) is 33.0 Å². The molecule has 14 nitrogen and oxygen atoms in total. The summed E-state index contributed by atoms with van der Waals surface area (Å²) >= 11 is 0. The van der Waals surface area contributed by atoms with Crippen LogP contribution in [0.15, 0.2) is 29.7 Å². The molecular weight excluding hydrogens is 562 g/mol. The summed E-state index contributed by atoms with van der Waals surface area (Å²) in [5.41, 5.74) is -1.48. The molecule has 0 amide bonds. The molecule has 1 N–H and O–H groups in total. The van der Waals surface area contributed by atoms with Crippen molar-refractivity contribution in [3.8, 4) is 0 Å². The number of nitrogens with one attached hydrogen (secondary N) is 1. The molecule has 0 spiro atoms. The third-order valence-electron chi connectivity index (χ3n) is 6.18. The zero-order valence-corrected chi connectivity index (χ0v) is 22.6. The molecule has 1 saturated heterocycles. The van der Waals surface area contributed by atoms with Crippen molar-refractivity contribution in [3.05, 3.63) is 40.8 Å². The van der Waals surface area contributed by atoms with E-state index in [1.165, 1.54) is 10.5 Å². The Hall–Kier alpha value is -3.09. The molecule has 0 bridgehead atoms. The summed E-state index contributed by atoms with van der Waals surface area (Å²) in [6, 6.07) is 0.946. The largest absolute Gasteiger partial charge is 0.380 e. The summed E-state index contributed by atoms with van der Waals surface area (Å²) in [6.45, 7) is 0.563. The van der Waals surface area contributed by atoms with Crippen LogP contribution in [0.4, 0.5) is 14.7 Å². The van der Waals surface area contributed by atoms with E-state index in [-0.39, 0.29) is 55.0 Å². The molecule has 1 aliphatic rings. The van der Waals surface area contributed by atoms with Gasteiger partial charge in [0, 0.05) is 37.3 Å². The van der Waals surface area contributed by atoms with Gasteiger partial charge in [0.2, 0.25) is 16.0 Å². The molecule has 214 valence electrons. The van der Waals surface area contributed by atoms with Crippen LogP contribution in [0.2, 0.25) is 0 Å². The number of aromatic nitrogens is 6. The molecule has 0 aliphatic carbocycles. The van der Waals surface area contributed by atoms with Crippen LogP contribution in [-0.4, -0.2) is 94.2 Å². The van der Waals surface area contributed by atoms with Crippen molar-refractivity contribution in [2.75, 3.05) is 43.6 Å². The van der Waals surface area contributed by atoms with Crippen LogP contribution in [0.1, 0.15) is 31.3 Å². The van der Waals surface area contributed by atoms with Crippen molar-refractivity contribution in [2.24, 2.45) is 0 Å². The SMILES string of the molecule is CS(=O)(=O)N1CCC(Nc2ncc3cc(C(F)F)c(=O)n(CCOCCCS(=O)(=O)n4cncn4)c3n2)CC1. The van der Waals surface area contributed by atoms with Gasteiger partial charge in [0.05, 0.1) is 30.7 Å². The molecule has 0 radical (unpaired) electrons. The Morgan fingerprint density at radius 1 is 1.18 bits per heavy atom. The molecular formula is C21H28F2N8O6S2. The molecule has 4 rings (SSSR count). The van der Waals surface area contributed by atoms with Gasteiger partial charge in [-0.3, -0.25) is 9.36 Å². The Labute approximate surface area is 223 Å². The number of alkyl halides is 2. The lowest BCUT2D eigenvalue weighted by Gasteiger charge is -2.30. The molecule has 0 unspecified atom stereocenters. The summed E-state index contributed by atoms with van der Waals surface area (Å²) in [5.74, 6) is -0.0663. The Morgan fingerprint density at radius 2 is 1.92 bits per heavy atom. The van der Waals surface area contributed by atoms with Crippen LogP contribution in [0.3, 0.4) is 0 Å². The molecule has 0 saturated carbocycles. The van der Waals surface area contributed by atoms with Crippen LogP contribution >= 0.6 is 0 Å². The van der Waals surface area contributed by atoms with E-state index in [0.29, 0.717) is 25.9 Å². The van der Waals surface area contributed by atoms with E-state index in [4.69, 9.17) is 4.74 Å². The van der Waals surface area contributed by atoms with Crippen molar-refractivity contribution >= 4 is 37.0 Å². The predicted molar refractivity (Wildman–Crippen MR) is 136 cm³/mol. The third kappa shape index (κ3) is 7.11. The van der Waals surface area contributed by atoms with Crippen molar-refractivity contribution in [1.29, 1.82) is 0 Å². The first kappa shape index (κ1) is 28.9. The third-order valence-corrected chi connectivity index (χ3v) is 9.05. The summed E-state index contributed by atoms with van der Waals surface area (Å²) in [6.07, 6.45) is 2.86. The quantitative estimate of drug-likeness (QED) is 0.290. The minimum absolute atomic E-state index is 0.0448. The second kappa shape index (κ2) is 12.0. The molecule has 0 aromatic carbocycles. The van der Waals surface area contributed by atoms with Gasteiger partial charge in [-0.05, 0) is 25.3 Å². The standard InChI is InChI=1S/C21H28F2N8O6S2/c1-38(33,34)29-5-3-16(4-6-29)27-21-25-12-15-11-17(18(22)23)20(32)30(19(15)28-21)7-9-37-8-2-10-39(35,36)31-14-24-13-26-31/h11-14,16,18H,2-10H2,1H3,(H,25,27,28). The maximum Gasteiger partial charge on any atom is 0.269 e. The lowest BCUT2D eigenvalue weighted by molar-refractivity contribution is 0.125. The highest BCUT2D eigenvalue weighted by molar-refractivity contribution is 7.89. The van der Waals surface area contributed by atoms with Crippen LogP contribution < -0.4 is 10.9 Å². The van der Waals surface area contributed by atoms with Crippen molar-refractivity contribution in [3.63, 3.8) is 0 Å². The first-order chi connectivity index (χ1) is 18.5. The van der Waals surface area contributed by atoms with Crippen LogP contribution in [0.5, 0.6) is 0 Å². The molecule has 1 fully saturated rings. The van der Waals surface area contributed by atoms with Crippen LogP contribution in [0.25, 0.3) is 11.0 Å². The fraction of sp³-hybridized carbons (Fsp3) is 0.571. The molecule has 18 heteroatoms. The van der Waals surface area contributed by atoms with E-state index in [2.05, 4.69) is 25.4 Å². The van der Waals surface area contributed by atoms with E-state index in [0.717, 1.165) is 33.6 Å². The maximum absolute atomic E-state index is 13.5. The maximum atomic E-state index is 13.5. The van der Waals surface area contributed by atoms with Crippen molar-refractivity contribution < 1.29 is 30.4 Å². The van der Waals surface area contributed by atoms with Gasteiger partial charge >= 0.3 is 0 Å². The summed E-state index contributed by atoms with van der Waals surface area (Å²) < 4.78 is 83.5. The van der Waals surface area contributed by atoms with Gasteiger partial charge in [0.25, 0.3) is 22.0 Å². The van der Waals surface area contributed by atoms with Gasteiger partial charge in [-0.15, -0.1) is 9.19 Å². The number of anilines is 1. The molecule has 3 aromatic rings. The summed E-state index contributed by atoms with van der Waals surface area (Å²) in [5, 5.41) is 6.96. The fourth-order valence-electron chi connectivity index (χ4n) is 4.16. The number of hydrogen-bond acceptors (Lipinski definition) is 11. The van der Waals surface area contributed by atoms with Gasteiger partial charge in [-0.2, -0.15) is 4.98 Å². The Morgan fingerprint density at radius 3 is 2.56 bits per heavy atom. The van der Waals surface area contributed by atoms with E-state index < -0.39 is 37.6 Å². The summed E-state index contributed by atoms with van der Waals surface area (Å²) in [4.78, 5) is 25.0. The number of rotatable bonds is 12. The fourth-order valence-corrected chi connectivity index (χ4v) is 6.09. The van der Waals surface area contributed by atoms with E-state index in [1.54, 1.807) is 0 Å². The van der Waals surface area contributed by atoms with E-state index >= 15 is 0 Å². The minimum atomic E-state index is -3.67. The molecule has 39 heavy (non-hydrogen) atoms. The van der Waals surface area contributed by atoms with Crippen LogP contribution in [-0.2, 0) is 31.3 Å². The topological polar surface area (TPSA) is 171 Å².